The molecule has 0 aliphatic rings. The molecule has 0 spiro atoms. The lowest BCUT2D eigenvalue weighted by Crippen LogP contribution is -2.16. The third-order valence-electron chi connectivity index (χ3n) is 3.14. The first-order valence-electron chi connectivity index (χ1n) is 6.36. The van der Waals surface area contributed by atoms with E-state index in [1.165, 1.54) is 0 Å². The van der Waals surface area contributed by atoms with Crippen LogP contribution >= 0.6 is 0 Å². The number of rotatable bonds is 5. The first kappa shape index (κ1) is 13.9. The van der Waals surface area contributed by atoms with Crippen molar-refractivity contribution in [2.75, 3.05) is 10.5 Å². The molecule has 0 aliphatic heterocycles. The molecule has 6 heteroatoms. The summed E-state index contributed by atoms with van der Waals surface area (Å²) in [6.07, 6.45) is 1.53. The summed E-state index contributed by atoms with van der Waals surface area (Å²) in [5, 5.41) is 0. The summed E-state index contributed by atoms with van der Waals surface area (Å²) in [7, 11) is -1.31. The van der Waals surface area contributed by atoms with Gasteiger partial charge in [-0.3, -0.25) is 4.72 Å². The fraction of sp³-hybridized carbons (Fsp3) is 0.462. The number of nitrogens with one attached hydrogen (secondary N) is 1. The van der Waals surface area contributed by atoms with Crippen LogP contribution in [-0.4, -0.2) is 23.7 Å². The highest BCUT2D eigenvalue weighted by Gasteiger charge is 2.11. The average Bonchev–Trinajstić information content (AvgIpc) is 2.62. The van der Waals surface area contributed by atoms with E-state index in [0.29, 0.717) is 12.1 Å². The summed E-state index contributed by atoms with van der Waals surface area (Å²) in [6, 6.07) is 5.42. The molecule has 0 atom stereocenters. The van der Waals surface area contributed by atoms with Crippen LogP contribution in [0.4, 0.5) is 5.69 Å². The van der Waals surface area contributed by atoms with Gasteiger partial charge in [0.1, 0.15) is 5.82 Å². The maximum absolute atomic E-state index is 11.8. The van der Waals surface area contributed by atoms with Gasteiger partial charge in [-0.1, -0.05) is 13.3 Å². The quantitative estimate of drug-likeness (QED) is 0.915. The molecule has 2 rings (SSSR count). The zero-order valence-corrected chi connectivity index (χ0v) is 12.3. The molecule has 0 unspecified atom stereocenters. The van der Waals surface area contributed by atoms with Crippen LogP contribution < -0.4 is 4.72 Å². The molecule has 0 saturated carbocycles. The minimum atomic E-state index is -3.25. The highest BCUT2D eigenvalue weighted by Crippen LogP contribution is 2.20. The Hall–Kier alpha value is -1.56. The van der Waals surface area contributed by atoms with Crippen LogP contribution in [0.25, 0.3) is 11.0 Å². The van der Waals surface area contributed by atoms with Gasteiger partial charge in [0.15, 0.2) is 0 Å². The number of benzene rings is 1. The van der Waals surface area contributed by atoms with Gasteiger partial charge in [0, 0.05) is 7.05 Å². The van der Waals surface area contributed by atoms with Gasteiger partial charge in [0.05, 0.1) is 22.5 Å². The monoisotopic (exact) mass is 281 g/mol. The van der Waals surface area contributed by atoms with Gasteiger partial charge in [0.2, 0.25) is 10.0 Å². The number of fused-ring (bicyclic) bond motifs is 1. The van der Waals surface area contributed by atoms with Crippen molar-refractivity contribution >= 4 is 26.7 Å². The van der Waals surface area contributed by atoms with Crippen molar-refractivity contribution in [1.82, 2.24) is 9.55 Å². The van der Waals surface area contributed by atoms with Gasteiger partial charge in [-0.05, 0) is 31.5 Å². The molecule has 19 heavy (non-hydrogen) atoms. The van der Waals surface area contributed by atoms with Gasteiger partial charge >= 0.3 is 0 Å². The van der Waals surface area contributed by atoms with E-state index >= 15 is 0 Å². The molecule has 5 nitrogen and oxygen atoms in total. The zero-order valence-electron chi connectivity index (χ0n) is 11.5. The van der Waals surface area contributed by atoms with Crippen LogP contribution in [0.3, 0.4) is 0 Å². The smallest absolute Gasteiger partial charge is 0.232 e. The maximum atomic E-state index is 11.8. The first-order chi connectivity index (χ1) is 8.93. The Morgan fingerprint density at radius 3 is 2.79 bits per heavy atom. The number of aromatic nitrogens is 2. The van der Waals surface area contributed by atoms with Crippen molar-refractivity contribution in [2.24, 2.45) is 7.05 Å². The molecule has 1 N–H and O–H groups in total. The molecule has 1 aromatic heterocycles. The molecule has 0 amide bonds. The standard InChI is InChI=1S/C13H19N3O2S/c1-4-5-8-19(17,18)15-11-6-7-13-12(9-11)14-10(2)16(13)3/h6-7,9,15H,4-5,8H2,1-3H3. The summed E-state index contributed by atoms with van der Waals surface area (Å²) in [4.78, 5) is 4.39. The van der Waals surface area contributed by atoms with E-state index in [1.54, 1.807) is 12.1 Å². The number of aryl methyl sites for hydroxylation is 2. The number of hydrogen-bond donors (Lipinski definition) is 1. The van der Waals surface area contributed by atoms with E-state index in [-0.39, 0.29) is 5.75 Å². The molecule has 104 valence electrons. The lowest BCUT2D eigenvalue weighted by Gasteiger charge is -2.07. The number of anilines is 1. The second kappa shape index (κ2) is 5.21. The van der Waals surface area contributed by atoms with Crippen LogP contribution in [0, 0.1) is 6.92 Å². The van der Waals surface area contributed by atoms with E-state index in [0.717, 1.165) is 23.3 Å². The van der Waals surface area contributed by atoms with E-state index < -0.39 is 10.0 Å². The normalized spacial score (nSPS) is 11.9. The topological polar surface area (TPSA) is 64.0 Å². The van der Waals surface area contributed by atoms with Crippen molar-refractivity contribution in [3.05, 3.63) is 24.0 Å². The van der Waals surface area contributed by atoms with E-state index in [1.807, 2.05) is 31.5 Å². The maximum Gasteiger partial charge on any atom is 0.232 e. The van der Waals surface area contributed by atoms with Crippen LogP contribution in [0.1, 0.15) is 25.6 Å². The third kappa shape index (κ3) is 3.07. The van der Waals surface area contributed by atoms with Crippen LogP contribution in [-0.2, 0) is 17.1 Å². The predicted molar refractivity (Wildman–Crippen MR) is 77.8 cm³/mol. The van der Waals surface area contributed by atoms with Crippen LogP contribution in [0.15, 0.2) is 18.2 Å². The molecule has 0 aliphatic carbocycles. The molecule has 0 saturated heterocycles. The molecule has 1 aromatic carbocycles. The zero-order chi connectivity index (χ0) is 14.0. The molecule has 0 fully saturated rings. The minimum absolute atomic E-state index is 0.156. The van der Waals surface area contributed by atoms with Gasteiger partial charge in [-0.25, -0.2) is 13.4 Å². The van der Waals surface area contributed by atoms with E-state index in [2.05, 4.69) is 9.71 Å². The minimum Gasteiger partial charge on any atom is -0.331 e. The van der Waals surface area contributed by atoms with Gasteiger partial charge in [-0.15, -0.1) is 0 Å². The largest absolute Gasteiger partial charge is 0.331 e. The Labute approximate surface area is 113 Å². The number of imidazole rings is 1. The Morgan fingerprint density at radius 1 is 1.37 bits per heavy atom. The van der Waals surface area contributed by atoms with Crippen molar-refractivity contribution in [3.63, 3.8) is 0 Å². The first-order valence-corrected chi connectivity index (χ1v) is 8.02. The number of sulfonamides is 1. The Balaban J connectivity index is 2.27. The highest BCUT2D eigenvalue weighted by atomic mass is 32.2. The second-order valence-corrected chi connectivity index (χ2v) is 6.54. The molecular formula is C13H19N3O2S. The molecular weight excluding hydrogens is 262 g/mol. The van der Waals surface area contributed by atoms with Gasteiger partial charge in [0.25, 0.3) is 0 Å². The number of hydrogen-bond acceptors (Lipinski definition) is 3. The number of nitrogens with zero attached hydrogens (tertiary/aromatic N) is 2. The summed E-state index contributed by atoms with van der Waals surface area (Å²) in [5.74, 6) is 1.06. The Morgan fingerprint density at radius 2 is 2.11 bits per heavy atom. The third-order valence-corrected chi connectivity index (χ3v) is 4.52. The van der Waals surface area contributed by atoms with Gasteiger partial charge < -0.3 is 4.57 Å². The van der Waals surface area contributed by atoms with Gasteiger partial charge in [-0.2, -0.15) is 0 Å². The Bertz CT molecular complexity index is 689. The Kier molecular flexibility index (Phi) is 3.80. The fourth-order valence-corrected chi connectivity index (χ4v) is 3.21. The van der Waals surface area contributed by atoms with E-state index in [4.69, 9.17) is 0 Å². The van der Waals surface area contributed by atoms with E-state index in [9.17, 15) is 8.42 Å². The van der Waals surface area contributed by atoms with Crippen molar-refractivity contribution in [3.8, 4) is 0 Å². The lowest BCUT2D eigenvalue weighted by atomic mass is 10.3. The average molecular weight is 281 g/mol. The van der Waals surface area contributed by atoms with Crippen LogP contribution in [0.2, 0.25) is 0 Å². The van der Waals surface area contributed by atoms with Crippen molar-refractivity contribution < 1.29 is 8.42 Å². The number of unbranched alkanes of at least 4 members (excludes halogenated alkanes) is 1. The molecule has 2 aromatic rings. The lowest BCUT2D eigenvalue weighted by molar-refractivity contribution is 0.598. The summed E-state index contributed by atoms with van der Waals surface area (Å²) >= 11 is 0. The molecule has 1 heterocycles. The van der Waals surface area contributed by atoms with Crippen molar-refractivity contribution in [1.29, 1.82) is 0 Å². The second-order valence-electron chi connectivity index (χ2n) is 4.70. The fourth-order valence-electron chi connectivity index (χ4n) is 1.95. The van der Waals surface area contributed by atoms with Crippen molar-refractivity contribution in [2.45, 2.75) is 26.7 Å². The summed E-state index contributed by atoms with van der Waals surface area (Å²) in [5.41, 5.74) is 2.37. The predicted octanol–water partition coefficient (Wildman–Crippen LogP) is 2.42. The summed E-state index contributed by atoms with van der Waals surface area (Å²) < 4.78 is 28.2. The SMILES string of the molecule is CCCCS(=O)(=O)Nc1ccc2c(c1)nc(C)n2C. The van der Waals surface area contributed by atoms with Crippen LogP contribution in [0.5, 0.6) is 0 Å². The molecule has 0 radical (unpaired) electrons. The highest BCUT2D eigenvalue weighted by molar-refractivity contribution is 7.92. The summed E-state index contributed by atoms with van der Waals surface area (Å²) in [6.45, 7) is 3.89. The molecule has 0 bridgehead atoms.